The number of ether oxygens (including phenoxy) is 2. The van der Waals surface area contributed by atoms with Gasteiger partial charge in [-0.05, 0) is 23.6 Å². The largest absolute Gasteiger partial charge is 0.493 e. The van der Waals surface area contributed by atoms with Gasteiger partial charge in [0.1, 0.15) is 0 Å². The summed E-state index contributed by atoms with van der Waals surface area (Å²) in [6, 6.07) is 7.08. The Hall–Kier alpha value is -1.72. The minimum atomic E-state index is -0.207. The fourth-order valence-electron chi connectivity index (χ4n) is 1.73. The zero-order valence-corrected chi connectivity index (χ0v) is 12.7. The fraction of sp³-hybridized carbons (Fsp3) is 0.214. The molecule has 1 aromatic heterocycles. The molecule has 2 rings (SSSR count). The number of carbonyl (C=O) groups excluding carboxylic acids is 1. The van der Waals surface area contributed by atoms with Crippen molar-refractivity contribution in [3.63, 3.8) is 0 Å². The van der Waals surface area contributed by atoms with Crippen LogP contribution in [0.2, 0.25) is 5.02 Å². The maximum atomic E-state index is 12.1. The Labute approximate surface area is 126 Å². The lowest BCUT2D eigenvalue weighted by Gasteiger charge is -2.11. The van der Waals surface area contributed by atoms with Crippen LogP contribution in [-0.4, -0.2) is 20.1 Å². The number of methoxy groups -OCH3 is 2. The smallest absolute Gasteiger partial charge is 0.251 e. The van der Waals surface area contributed by atoms with Gasteiger partial charge in [0, 0.05) is 10.4 Å². The Morgan fingerprint density at radius 1 is 1.35 bits per heavy atom. The van der Waals surface area contributed by atoms with Crippen molar-refractivity contribution in [2.24, 2.45) is 0 Å². The van der Waals surface area contributed by atoms with Gasteiger partial charge < -0.3 is 14.8 Å². The van der Waals surface area contributed by atoms with Crippen LogP contribution in [0.5, 0.6) is 11.5 Å². The third kappa shape index (κ3) is 3.23. The first-order valence-corrected chi connectivity index (χ1v) is 7.13. The SMILES string of the molecule is COc1cc(C(=O)NCc2cccs2)cc(Cl)c1OC. The van der Waals surface area contributed by atoms with Gasteiger partial charge in [0.25, 0.3) is 5.91 Å². The minimum absolute atomic E-state index is 0.207. The highest BCUT2D eigenvalue weighted by atomic mass is 35.5. The highest BCUT2D eigenvalue weighted by Crippen LogP contribution is 2.35. The Kier molecular flexibility index (Phi) is 4.87. The Morgan fingerprint density at radius 3 is 2.75 bits per heavy atom. The first-order chi connectivity index (χ1) is 9.65. The normalized spacial score (nSPS) is 10.2. The fourth-order valence-corrected chi connectivity index (χ4v) is 2.66. The molecule has 0 spiro atoms. The van der Waals surface area contributed by atoms with Crippen molar-refractivity contribution in [2.75, 3.05) is 14.2 Å². The number of thiophene rings is 1. The van der Waals surface area contributed by atoms with E-state index >= 15 is 0 Å². The van der Waals surface area contributed by atoms with Crippen molar-refractivity contribution in [1.29, 1.82) is 0 Å². The van der Waals surface area contributed by atoms with E-state index in [9.17, 15) is 4.79 Å². The standard InChI is InChI=1S/C14H14ClNO3S/c1-18-12-7-9(6-11(15)13(12)19-2)14(17)16-8-10-4-3-5-20-10/h3-7H,8H2,1-2H3,(H,16,17). The Balaban J connectivity index is 2.15. The van der Waals surface area contributed by atoms with Crippen molar-refractivity contribution in [1.82, 2.24) is 5.32 Å². The number of halogens is 1. The summed E-state index contributed by atoms with van der Waals surface area (Å²) in [6.07, 6.45) is 0. The van der Waals surface area contributed by atoms with Gasteiger partial charge in [-0.2, -0.15) is 0 Å². The van der Waals surface area contributed by atoms with Crippen molar-refractivity contribution in [3.05, 3.63) is 45.1 Å². The molecule has 0 atom stereocenters. The molecule has 0 radical (unpaired) electrons. The summed E-state index contributed by atoms with van der Waals surface area (Å²) in [4.78, 5) is 13.2. The van der Waals surface area contributed by atoms with E-state index in [-0.39, 0.29) is 5.91 Å². The van der Waals surface area contributed by atoms with Crippen LogP contribution in [0.25, 0.3) is 0 Å². The van der Waals surface area contributed by atoms with Crippen LogP contribution in [0.1, 0.15) is 15.2 Å². The van der Waals surface area contributed by atoms with Crippen molar-refractivity contribution in [3.8, 4) is 11.5 Å². The summed E-state index contributed by atoms with van der Waals surface area (Å²) in [6.45, 7) is 0.489. The van der Waals surface area contributed by atoms with Crippen LogP contribution in [0.3, 0.4) is 0 Å². The second kappa shape index (κ2) is 6.63. The summed E-state index contributed by atoms with van der Waals surface area (Å²) < 4.78 is 10.3. The van der Waals surface area contributed by atoms with Crippen molar-refractivity contribution < 1.29 is 14.3 Å². The third-order valence-corrected chi connectivity index (χ3v) is 3.86. The lowest BCUT2D eigenvalue weighted by atomic mass is 10.2. The van der Waals surface area contributed by atoms with Crippen LogP contribution >= 0.6 is 22.9 Å². The highest BCUT2D eigenvalue weighted by Gasteiger charge is 2.15. The van der Waals surface area contributed by atoms with E-state index in [1.807, 2.05) is 17.5 Å². The van der Waals surface area contributed by atoms with E-state index in [4.69, 9.17) is 21.1 Å². The summed E-state index contributed by atoms with van der Waals surface area (Å²) in [5.41, 5.74) is 0.434. The lowest BCUT2D eigenvalue weighted by Crippen LogP contribution is -2.22. The highest BCUT2D eigenvalue weighted by molar-refractivity contribution is 7.09. The molecule has 106 valence electrons. The van der Waals surface area contributed by atoms with Crippen LogP contribution in [0.15, 0.2) is 29.6 Å². The number of hydrogen-bond donors (Lipinski definition) is 1. The van der Waals surface area contributed by atoms with Crippen LogP contribution in [0.4, 0.5) is 0 Å². The molecule has 0 saturated carbocycles. The molecule has 1 amide bonds. The van der Waals surface area contributed by atoms with Crippen LogP contribution in [0, 0.1) is 0 Å². The second-order valence-electron chi connectivity index (χ2n) is 3.96. The number of carbonyl (C=O) groups is 1. The average Bonchev–Trinajstić information content (AvgIpc) is 2.97. The molecular weight excluding hydrogens is 298 g/mol. The average molecular weight is 312 g/mol. The number of benzene rings is 1. The van der Waals surface area contributed by atoms with E-state index < -0.39 is 0 Å². The molecule has 0 aliphatic rings. The van der Waals surface area contributed by atoms with Crippen LogP contribution in [-0.2, 0) is 6.54 Å². The Bertz CT molecular complexity index is 599. The molecule has 1 heterocycles. The molecular formula is C14H14ClNO3S. The van der Waals surface area contributed by atoms with E-state index in [0.717, 1.165) is 4.88 Å². The quantitative estimate of drug-likeness (QED) is 0.921. The predicted octanol–water partition coefficient (Wildman–Crippen LogP) is 3.35. The molecule has 2 aromatic rings. The molecule has 0 unspecified atom stereocenters. The van der Waals surface area contributed by atoms with E-state index in [2.05, 4.69) is 5.32 Å². The molecule has 0 fully saturated rings. The molecule has 1 N–H and O–H groups in total. The zero-order chi connectivity index (χ0) is 14.5. The van der Waals surface area contributed by atoms with Crippen molar-refractivity contribution in [2.45, 2.75) is 6.54 Å². The molecule has 6 heteroatoms. The number of hydrogen-bond acceptors (Lipinski definition) is 4. The first kappa shape index (κ1) is 14.7. The van der Waals surface area contributed by atoms with Gasteiger partial charge in [0.05, 0.1) is 25.8 Å². The van der Waals surface area contributed by atoms with Crippen LogP contribution < -0.4 is 14.8 Å². The topological polar surface area (TPSA) is 47.6 Å². The zero-order valence-electron chi connectivity index (χ0n) is 11.1. The summed E-state index contributed by atoms with van der Waals surface area (Å²) in [7, 11) is 3.00. The predicted molar refractivity (Wildman–Crippen MR) is 80.0 cm³/mol. The van der Waals surface area contributed by atoms with Gasteiger partial charge in [-0.1, -0.05) is 17.7 Å². The molecule has 20 heavy (non-hydrogen) atoms. The van der Waals surface area contributed by atoms with Crippen molar-refractivity contribution >= 4 is 28.8 Å². The molecule has 0 aliphatic heterocycles. The summed E-state index contributed by atoms with van der Waals surface area (Å²) in [5, 5.41) is 5.14. The number of nitrogens with one attached hydrogen (secondary N) is 1. The molecule has 1 aromatic carbocycles. The second-order valence-corrected chi connectivity index (χ2v) is 5.40. The first-order valence-electron chi connectivity index (χ1n) is 5.87. The van der Waals surface area contributed by atoms with E-state index in [1.54, 1.807) is 23.5 Å². The monoisotopic (exact) mass is 311 g/mol. The maximum absolute atomic E-state index is 12.1. The minimum Gasteiger partial charge on any atom is -0.493 e. The van der Waals surface area contributed by atoms with E-state index in [1.165, 1.54) is 14.2 Å². The molecule has 0 bridgehead atoms. The molecule has 0 aliphatic carbocycles. The van der Waals surface area contributed by atoms with Gasteiger partial charge in [0.15, 0.2) is 11.5 Å². The van der Waals surface area contributed by atoms with Gasteiger partial charge in [-0.3, -0.25) is 4.79 Å². The van der Waals surface area contributed by atoms with Gasteiger partial charge in [-0.25, -0.2) is 0 Å². The lowest BCUT2D eigenvalue weighted by molar-refractivity contribution is 0.0951. The molecule has 0 saturated heterocycles. The van der Waals surface area contributed by atoms with Gasteiger partial charge >= 0.3 is 0 Å². The third-order valence-electron chi connectivity index (χ3n) is 2.70. The number of rotatable bonds is 5. The van der Waals surface area contributed by atoms with Gasteiger partial charge in [0.2, 0.25) is 0 Å². The summed E-state index contributed by atoms with van der Waals surface area (Å²) >= 11 is 7.67. The van der Waals surface area contributed by atoms with Gasteiger partial charge in [-0.15, -0.1) is 11.3 Å². The Morgan fingerprint density at radius 2 is 2.15 bits per heavy atom. The molecule has 4 nitrogen and oxygen atoms in total. The number of amides is 1. The maximum Gasteiger partial charge on any atom is 0.251 e. The summed E-state index contributed by atoms with van der Waals surface area (Å²) in [5.74, 6) is 0.645. The van der Waals surface area contributed by atoms with E-state index in [0.29, 0.717) is 28.6 Å².